The first-order chi connectivity index (χ1) is 12.1. The van der Waals surface area contributed by atoms with Crippen LogP contribution in [0.4, 0.5) is 11.6 Å². The van der Waals surface area contributed by atoms with E-state index in [1.807, 2.05) is 56.0 Å². The molecule has 1 N–H and O–H groups in total. The number of nitrogens with one attached hydrogen (secondary N) is 1. The molecule has 0 aliphatic rings. The highest BCUT2D eigenvalue weighted by molar-refractivity contribution is 6.07. The second-order valence-corrected chi connectivity index (χ2v) is 5.70. The summed E-state index contributed by atoms with van der Waals surface area (Å²) in [4.78, 5) is 28.0. The van der Waals surface area contributed by atoms with Crippen molar-refractivity contribution < 1.29 is 4.79 Å². The molecule has 0 aliphatic carbocycles. The average Bonchev–Trinajstić information content (AvgIpc) is 2.62. The van der Waals surface area contributed by atoms with E-state index in [1.54, 1.807) is 12.3 Å². The lowest BCUT2D eigenvalue weighted by Gasteiger charge is -2.19. The highest BCUT2D eigenvalue weighted by atomic mass is 16.1. The van der Waals surface area contributed by atoms with E-state index in [9.17, 15) is 4.79 Å². The van der Waals surface area contributed by atoms with Crippen molar-refractivity contribution in [2.24, 2.45) is 0 Å². The molecule has 1 amide bonds. The van der Waals surface area contributed by atoms with Gasteiger partial charge in [-0.3, -0.25) is 9.78 Å². The van der Waals surface area contributed by atoms with Crippen molar-refractivity contribution in [2.45, 2.75) is 20.8 Å². The molecule has 128 valence electrons. The Hall–Kier alpha value is -3.02. The van der Waals surface area contributed by atoms with Gasteiger partial charge in [-0.2, -0.15) is 0 Å². The molecule has 3 rings (SSSR count). The average molecular weight is 335 g/mol. The smallest absolute Gasteiger partial charge is 0.274 e. The molecule has 3 aromatic rings. The van der Waals surface area contributed by atoms with Crippen molar-refractivity contribution in [1.82, 2.24) is 15.0 Å². The predicted molar refractivity (Wildman–Crippen MR) is 100 cm³/mol. The number of hydrogen-bond donors (Lipinski definition) is 1. The van der Waals surface area contributed by atoms with Gasteiger partial charge >= 0.3 is 0 Å². The van der Waals surface area contributed by atoms with E-state index in [0.29, 0.717) is 17.3 Å². The first kappa shape index (κ1) is 16.8. The van der Waals surface area contributed by atoms with Gasteiger partial charge in [0.25, 0.3) is 5.91 Å². The van der Waals surface area contributed by atoms with Crippen molar-refractivity contribution in [3.63, 3.8) is 0 Å². The minimum Gasteiger partial charge on any atom is -0.341 e. The number of fused-ring (bicyclic) bond motifs is 1. The van der Waals surface area contributed by atoms with Crippen LogP contribution in [0.5, 0.6) is 0 Å². The second-order valence-electron chi connectivity index (χ2n) is 5.70. The van der Waals surface area contributed by atoms with Gasteiger partial charge in [0.05, 0.1) is 11.2 Å². The maximum atomic E-state index is 12.7. The van der Waals surface area contributed by atoms with E-state index < -0.39 is 0 Å². The van der Waals surface area contributed by atoms with E-state index in [2.05, 4.69) is 20.3 Å². The molecule has 25 heavy (non-hydrogen) atoms. The summed E-state index contributed by atoms with van der Waals surface area (Å²) in [5.41, 5.74) is 2.54. The summed E-state index contributed by atoms with van der Waals surface area (Å²) >= 11 is 0. The molecular formula is C19H21N5O. The van der Waals surface area contributed by atoms with Gasteiger partial charge in [0.15, 0.2) is 0 Å². The summed E-state index contributed by atoms with van der Waals surface area (Å²) in [5, 5.41) is 3.90. The van der Waals surface area contributed by atoms with Crippen molar-refractivity contribution in [3.8, 4) is 0 Å². The molecular weight excluding hydrogens is 314 g/mol. The van der Waals surface area contributed by atoms with Crippen molar-refractivity contribution in [2.75, 3.05) is 23.3 Å². The number of carbonyl (C=O) groups excluding carboxylic acids is 1. The molecule has 0 bridgehead atoms. The summed E-state index contributed by atoms with van der Waals surface area (Å²) in [5.74, 6) is 0.309. The van der Waals surface area contributed by atoms with Crippen LogP contribution in [0.1, 0.15) is 30.0 Å². The van der Waals surface area contributed by atoms with E-state index in [4.69, 9.17) is 0 Å². The summed E-state index contributed by atoms with van der Waals surface area (Å²) in [6.07, 6.45) is 1.71. The van der Waals surface area contributed by atoms with Crippen LogP contribution in [0.15, 0.2) is 42.6 Å². The molecule has 0 fully saturated rings. The number of amides is 1. The van der Waals surface area contributed by atoms with Crippen LogP contribution in [-0.2, 0) is 0 Å². The maximum Gasteiger partial charge on any atom is 0.274 e. The van der Waals surface area contributed by atoms with Crippen LogP contribution in [0.3, 0.4) is 0 Å². The van der Waals surface area contributed by atoms with Crippen molar-refractivity contribution in [1.29, 1.82) is 0 Å². The van der Waals surface area contributed by atoms with Gasteiger partial charge in [-0.15, -0.1) is 0 Å². The molecule has 6 heteroatoms. The lowest BCUT2D eigenvalue weighted by molar-refractivity contribution is 0.102. The number of anilines is 2. The molecule has 2 heterocycles. The number of rotatable bonds is 5. The molecule has 2 aromatic heterocycles. The lowest BCUT2D eigenvalue weighted by Crippen LogP contribution is -2.26. The molecule has 1 aromatic carbocycles. The van der Waals surface area contributed by atoms with Crippen LogP contribution in [0.25, 0.3) is 10.9 Å². The van der Waals surface area contributed by atoms with E-state index >= 15 is 0 Å². The minimum absolute atomic E-state index is 0.267. The zero-order valence-electron chi connectivity index (χ0n) is 14.7. The lowest BCUT2D eigenvalue weighted by atomic mass is 10.2. The molecule has 0 saturated heterocycles. The number of pyridine rings is 1. The van der Waals surface area contributed by atoms with Gasteiger partial charge < -0.3 is 10.2 Å². The third kappa shape index (κ3) is 3.57. The zero-order chi connectivity index (χ0) is 17.8. The van der Waals surface area contributed by atoms with Crippen LogP contribution < -0.4 is 10.2 Å². The molecule has 0 radical (unpaired) electrons. The Labute approximate surface area is 146 Å². The number of para-hydroxylation sites is 1. The van der Waals surface area contributed by atoms with Gasteiger partial charge in [-0.25, -0.2) is 9.97 Å². The van der Waals surface area contributed by atoms with Gasteiger partial charge in [0.1, 0.15) is 5.69 Å². The molecule has 0 spiro atoms. The van der Waals surface area contributed by atoms with Gasteiger partial charge in [-0.05, 0) is 39.0 Å². The largest absolute Gasteiger partial charge is 0.341 e. The minimum atomic E-state index is -0.267. The fraction of sp³-hybridized carbons (Fsp3) is 0.263. The van der Waals surface area contributed by atoms with E-state index in [-0.39, 0.29) is 5.91 Å². The summed E-state index contributed by atoms with van der Waals surface area (Å²) in [7, 11) is 0. The highest BCUT2D eigenvalue weighted by Gasteiger charge is 2.15. The van der Waals surface area contributed by atoms with Gasteiger partial charge in [0.2, 0.25) is 5.95 Å². The molecule has 0 aliphatic heterocycles. The number of hydrogen-bond acceptors (Lipinski definition) is 5. The second kappa shape index (κ2) is 7.25. The predicted octanol–water partition coefficient (Wildman–Crippen LogP) is 3.43. The first-order valence-corrected chi connectivity index (χ1v) is 8.38. The van der Waals surface area contributed by atoms with Gasteiger partial charge in [0, 0.05) is 30.4 Å². The van der Waals surface area contributed by atoms with E-state index in [1.165, 1.54) is 0 Å². The zero-order valence-corrected chi connectivity index (χ0v) is 14.7. The van der Waals surface area contributed by atoms with Crippen LogP contribution in [0, 0.1) is 6.92 Å². The van der Waals surface area contributed by atoms with Crippen molar-refractivity contribution in [3.05, 3.63) is 54.0 Å². The number of nitrogens with zero attached hydrogens (tertiary/aromatic N) is 4. The Bertz CT molecular complexity index is 900. The molecule has 0 saturated carbocycles. The first-order valence-electron chi connectivity index (χ1n) is 8.38. The fourth-order valence-corrected chi connectivity index (χ4v) is 2.71. The van der Waals surface area contributed by atoms with Gasteiger partial charge in [-0.1, -0.05) is 18.2 Å². The quantitative estimate of drug-likeness (QED) is 0.773. The number of aromatic nitrogens is 3. The Balaban J connectivity index is 1.93. The topological polar surface area (TPSA) is 71.0 Å². The standard InChI is InChI=1S/C19H21N5O/c1-4-24(5-2)19-21-13(3)12-16(23-19)18(25)22-15-10-6-8-14-9-7-11-20-17(14)15/h6-12H,4-5H2,1-3H3,(H,22,25). The Kier molecular flexibility index (Phi) is 4.88. The fourth-order valence-electron chi connectivity index (χ4n) is 2.71. The van der Waals surface area contributed by atoms with Crippen LogP contribution in [-0.4, -0.2) is 33.9 Å². The summed E-state index contributed by atoms with van der Waals surface area (Å²) in [6.45, 7) is 7.51. The number of aryl methyl sites for hydroxylation is 1. The third-order valence-electron chi connectivity index (χ3n) is 4.00. The summed E-state index contributed by atoms with van der Waals surface area (Å²) < 4.78 is 0. The Morgan fingerprint density at radius 2 is 1.88 bits per heavy atom. The molecule has 0 unspecified atom stereocenters. The highest BCUT2D eigenvalue weighted by Crippen LogP contribution is 2.21. The Morgan fingerprint density at radius 3 is 2.64 bits per heavy atom. The number of benzene rings is 1. The molecule has 6 nitrogen and oxygen atoms in total. The van der Waals surface area contributed by atoms with E-state index in [0.717, 1.165) is 29.7 Å². The monoisotopic (exact) mass is 335 g/mol. The van der Waals surface area contributed by atoms with Crippen LogP contribution >= 0.6 is 0 Å². The van der Waals surface area contributed by atoms with Crippen LogP contribution in [0.2, 0.25) is 0 Å². The normalized spacial score (nSPS) is 10.7. The Morgan fingerprint density at radius 1 is 1.12 bits per heavy atom. The number of carbonyl (C=O) groups is 1. The SMILES string of the molecule is CCN(CC)c1nc(C)cc(C(=O)Nc2cccc3cccnc23)n1. The molecule has 0 atom stereocenters. The summed E-state index contributed by atoms with van der Waals surface area (Å²) in [6, 6.07) is 11.2. The van der Waals surface area contributed by atoms with Crippen molar-refractivity contribution >= 4 is 28.4 Å². The third-order valence-corrected chi connectivity index (χ3v) is 4.00. The maximum absolute atomic E-state index is 12.7.